The molecule has 1 aromatic heterocycles. The van der Waals surface area contributed by atoms with Gasteiger partial charge in [0.2, 0.25) is 12.7 Å². The van der Waals surface area contributed by atoms with E-state index in [2.05, 4.69) is 15.6 Å². The average Bonchev–Trinajstić information content (AvgIpc) is 3.25. The van der Waals surface area contributed by atoms with Gasteiger partial charge in [-0.3, -0.25) is 14.6 Å². The molecule has 0 fully saturated rings. The van der Waals surface area contributed by atoms with Gasteiger partial charge in [-0.2, -0.15) is 0 Å². The molecule has 3 aromatic rings. The average molecular weight is 401 g/mol. The molecule has 2 aromatic carbocycles. The van der Waals surface area contributed by atoms with E-state index in [4.69, 9.17) is 9.47 Å². The number of para-hydroxylation sites is 1. The van der Waals surface area contributed by atoms with Gasteiger partial charge in [-0.1, -0.05) is 24.3 Å². The first-order valence-electron chi connectivity index (χ1n) is 9.34. The number of ether oxygens (including phenoxy) is 2. The molecule has 7 nitrogen and oxygen atoms in total. The van der Waals surface area contributed by atoms with Crippen molar-refractivity contribution in [1.82, 2.24) is 10.3 Å². The van der Waals surface area contributed by atoms with Gasteiger partial charge in [0, 0.05) is 25.0 Å². The Morgan fingerprint density at radius 2 is 1.90 bits per heavy atom. The number of carbonyl (C=O) groups excluding carboxylic acids is 2. The Morgan fingerprint density at radius 3 is 2.77 bits per heavy atom. The summed E-state index contributed by atoms with van der Waals surface area (Å²) in [6.45, 7) is 0.543. The summed E-state index contributed by atoms with van der Waals surface area (Å²) in [7, 11) is 0. The number of anilines is 1. The van der Waals surface area contributed by atoms with Crippen LogP contribution in [0.1, 0.15) is 21.5 Å². The van der Waals surface area contributed by atoms with Crippen LogP contribution in [0, 0.1) is 0 Å². The van der Waals surface area contributed by atoms with Crippen LogP contribution in [0.5, 0.6) is 11.5 Å². The van der Waals surface area contributed by atoms with Gasteiger partial charge >= 0.3 is 0 Å². The molecule has 0 radical (unpaired) electrons. The van der Waals surface area contributed by atoms with E-state index in [-0.39, 0.29) is 18.6 Å². The Hall–Kier alpha value is -4.13. The lowest BCUT2D eigenvalue weighted by Gasteiger charge is -2.10. The second-order valence-electron chi connectivity index (χ2n) is 6.52. The van der Waals surface area contributed by atoms with Crippen LogP contribution < -0.4 is 20.1 Å². The fourth-order valence-electron chi connectivity index (χ4n) is 2.93. The zero-order chi connectivity index (χ0) is 20.8. The number of benzene rings is 2. The summed E-state index contributed by atoms with van der Waals surface area (Å²) in [4.78, 5) is 29.0. The highest BCUT2D eigenvalue weighted by Crippen LogP contribution is 2.32. The molecule has 1 aliphatic rings. The van der Waals surface area contributed by atoms with Gasteiger partial charge in [0.1, 0.15) is 0 Å². The third-order valence-corrected chi connectivity index (χ3v) is 4.43. The molecule has 0 spiro atoms. The molecule has 0 saturated carbocycles. The fraction of sp³-hybridized carbons (Fsp3) is 0.0870. The first-order chi connectivity index (χ1) is 14.7. The van der Waals surface area contributed by atoms with Crippen molar-refractivity contribution in [1.29, 1.82) is 0 Å². The number of carbonyl (C=O) groups is 2. The summed E-state index contributed by atoms with van der Waals surface area (Å²) in [5.41, 5.74) is 2.50. The maximum absolute atomic E-state index is 12.6. The summed E-state index contributed by atoms with van der Waals surface area (Å²) >= 11 is 0. The van der Waals surface area contributed by atoms with Crippen molar-refractivity contribution < 1.29 is 19.1 Å². The maximum Gasteiger partial charge on any atom is 0.253 e. The molecule has 0 unspecified atom stereocenters. The van der Waals surface area contributed by atoms with Crippen molar-refractivity contribution in [3.05, 3.63) is 89.8 Å². The minimum absolute atomic E-state index is 0.197. The fourth-order valence-corrected chi connectivity index (χ4v) is 2.93. The highest BCUT2D eigenvalue weighted by Gasteiger charge is 2.13. The molecule has 2 N–H and O–H groups in total. The van der Waals surface area contributed by atoms with Crippen LogP contribution in [0.3, 0.4) is 0 Å². The van der Waals surface area contributed by atoms with Gasteiger partial charge in [-0.05, 0) is 47.5 Å². The maximum atomic E-state index is 12.6. The SMILES string of the molecule is O=C(/C=C/c1ccc2c(c1)OCO2)Nc1ccccc1C(=O)NCc1cccnc1. The van der Waals surface area contributed by atoms with Crippen LogP contribution in [-0.4, -0.2) is 23.6 Å². The van der Waals surface area contributed by atoms with Crippen LogP contribution >= 0.6 is 0 Å². The first-order valence-corrected chi connectivity index (χ1v) is 9.34. The monoisotopic (exact) mass is 401 g/mol. The molecular formula is C23H19N3O4. The van der Waals surface area contributed by atoms with Crippen molar-refractivity contribution in [3.63, 3.8) is 0 Å². The van der Waals surface area contributed by atoms with Gasteiger partial charge in [0.05, 0.1) is 11.3 Å². The van der Waals surface area contributed by atoms with E-state index in [1.807, 2.05) is 18.2 Å². The molecule has 0 atom stereocenters. The third-order valence-electron chi connectivity index (χ3n) is 4.43. The van der Waals surface area contributed by atoms with Gasteiger partial charge in [-0.25, -0.2) is 0 Å². The lowest BCUT2D eigenvalue weighted by molar-refractivity contribution is -0.111. The Balaban J connectivity index is 1.40. The van der Waals surface area contributed by atoms with Crippen LogP contribution in [0.4, 0.5) is 5.69 Å². The lowest BCUT2D eigenvalue weighted by atomic mass is 10.1. The zero-order valence-electron chi connectivity index (χ0n) is 16.0. The number of fused-ring (bicyclic) bond motifs is 1. The minimum Gasteiger partial charge on any atom is -0.454 e. The minimum atomic E-state index is -0.347. The van der Waals surface area contributed by atoms with E-state index in [1.165, 1.54) is 6.08 Å². The summed E-state index contributed by atoms with van der Waals surface area (Å²) in [5, 5.41) is 5.59. The predicted octanol–water partition coefficient (Wildman–Crippen LogP) is 3.39. The largest absolute Gasteiger partial charge is 0.454 e. The summed E-state index contributed by atoms with van der Waals surface area (Å²) < 4.78 is 10.6. The van der Waals surface area contributed by atoms with Gasteiger partial charge in [0.15, 0.2) is 11.5 Å². The molecule has 4 rings (SSSR count). The molecule has 2 amide bonds. The van der Waals surface area contributed by atoms with Gasteiger partial charge in [0.25, 0.3) is 5.91 Å². The van der Waals surface area contributed by atoms with Crippen LogP contribution in [-0.2, 0) is 11.3 Å². The van der Waals surface area contributed by atoms with Gasteiger partial charge in [-0.15, -0.1) is 0 Å². The van der Waals surface area contributed by atoms with E-state index in [0.717, 1.165) is 11.1 Å². The van der Waals surface area contributed by atoms with E-state index >= 15 is 0 Å². The number of hydrogen-bond donors (Lipinski definition) is 2. The summed E-state index contributed by atoms with van der Waals surface area (Å²) in [5.74, 6) is 0.700. The standard InChI is InChI=1S/C23H19N3O4/c27-22(10-8-16-7-9-20-21(12-16)30-15-29-20)26-19-6-2-1-5-18(19)23(28)25-14-17-4-3-11-24-13-17/h1-13H,14-15H2,(H,25,28)(H,26,27)/b10-8+. The topological polar surface area (TPSA) is 89.5 Å². The molecule has 0 aliphatic carbocycles. The number of rotatable bonds is 6. The third kappa shape index (κ3) is 4.64. The first kappa shape index (κ1) is 19.2. The number of hydrogen-bond acceptors (Lipinski definition) is 5. The number of amides is 2. The second-order valence-corrected chi connectivity index (χ2v) is 6.52. The molecule has 7 heteroatoms. The van der Waals surface area contributed by atoms with E-state index < -0.39 is 0 Å². The van der Waals surface area contributed by atoms with Crippen molar-refractivity contribution in [2.45, 2.75) is 6.54 Å². The second kappa shape index (κ2) is 8.91. The van der Waals surface area contributed by atoms with E-state index in [1.54, 1.807) is 54.9 Å². The Kier molecular flexibility index (Phi) is 5.70. The van der Waals surface area contributed by atoms with E-state index in [0.29, 0.717) is 29.3 Å². The molecule has 1 aliphatic heterocycles. The lowest BCUT2D eigenvalue weighted by Crippen LogP contribution is -2.24. The number of aromatic nitrogens is 1. The van der Waals surface area contributed by atoms with Crippen LogP contribution in [0.2, 0.25) is 0 Å². The smallest absolute Gasteiger partial charge is 0.253 e. The highest BCUT2D eigenvalue weighted by molar-refractivity contribution is 6.07. The van der Waals surface area contributed by atoms with E-state index in [9.17, 15) is 9.59 Å². The molecule has 30 heavy (non-hydrogen) atoms. The van der Waals surface area contributed by atoms with Crippen molar-refractivity contribution in [3.8, 4) is 11.5 Å². The number of pyridine rings is 1. The Morgan fingerprint density at radius 1 is 1.03 bits per heavy atom. The number of nitrogens with zero attached hydrogens (tertiary/aromatic N) is 1. The predicted molar refractivity (Wildman–Crippen MR) is 112 cm³/mol. The Labute approximate surface area is 173 Å². The van der Waals surface area contributed by atoms with Gasteiger partial charge < -0.3 is 20.1 Å². The normalized spacial score (nSPS) is 12.0. The highest BCUT2D eigenvalue weighted by atomic mass is 16.7. The summed E-state index contributed by atoms with van der Waals surface area (Å²) in [6.07, 6.45) is 6.44. The zero-order valence-corrected chi connectivity index (χ0v) is 16.0. The van der Waals surface area contributed by atoms with Crippen molar-refractivity contribution in [2.24, 2.45) is 0 Å². The van der Waals surface area contributed by atoms with Crippen LogP contribution in [0.15, 0.2) is 73.1 Å². The quantitative estimate of drug-likeness (QED) is 0.618. The van der Waals surface area contributed by atoms with Crippen LogP contribution in [0.25, 0.3) is 6.08 Å². The molecular weight excluding hydrogens is 382 g/mol. The molecule has 0 saturated heterocycles. The van der Waals surface area contributed by atoms with Crippen molar-refractivity contribution in [2.75, 3.05) is 12.1 Å². The molecule has 2 heterocycles. The molecule has 0 bridgehead atoms. The summed E-state index contributed by atoms with van der Waals surface area (Å²) in [6, 6.07) is 16.0. The Bertz CT molecular complexity index is 1100. The molecule has 150 valence electrons. The van der Waals surface area contributed by atoms with Crippen molar-refractivity contribution >= 4 is 23.6 Å². The number of nitrogens with one attached hydrogen (secondary N) is 2.